The molecule has 1 unspecified atom stereocenters. The summed E-state index contributed by atoms with van der Waals surface area (Å²) in [6.07, 6.45) is 0. The van der Waals surface area contributed by atoms with Crippen molar-refractivity contribution >= 4 is 45.8 Å². The first-order valence-corrected chi connectivity index (χ1v) is 9.58. The highest BCUT2D eigenvalue weighted by atomic mass is 35.5. The number of para-hydroxylation sites is 3. The third kappa shape index (κ3) is 2.71. The quantitative estimate of drug-likeness (QED) is 0.454. The van der Waals surface area contributed by atoms with Gasteiger partial charge in [-0.25, -0.2) is 9.98 Å². The number of imidazole rings is 1. The summed E-state index contributed by atoms with van der Waals surface area (Å²) in [5.74, 6) is 0.916. The fourth-order valence-corrected chi connectivity index (χ4v) is 4.43. The zero-order valence-electron chi connectivity index (χ0n) is 13.7. The Balaban J connectivity index is 1.68. The number of thioether (sulfide) groups is 1. The van der Waals surface area contributed by atoms with E-state index in [1.54, 1.807) is 11.8 Å². The Kier molecular flexibility index (Phi) is 3.80. The summed E-state index contributed by atoms with van der Waals surface area (Å²) < 4.78 is 0. The van der Waals surface area contributed by atoms with E-state index >= 15 is 0 Å². The average molecular weight is 376 g/mol. The topological polar surface area (TPSA) is 41.0 Å². The van der Waals surface area contributed by atoms with Crippen molar-refractivity contribution in [2.24, 2.45) is 4.99 Å². The van der Waals surface area contributed by atoms with Crippen molar-refractivity contribution in [3.05, 3.63) is 89.2 Å². The number of rotatable bonds is 2. The third-order valence-corrected chi connectivity index (χ3v) is 5.93. The summed E-state index contributed by atoms with van der Waals surface area (Å²) in [4.78, 5) is 14.4. The lowest BCUT2D eigenvalue weighted by molar-refractivity contribution is 1.06. The molecule has 126 valence electrons. The Hall–Kier alpha value is -2.56. The van der Waals surface area contributed by atoms with Gasteiger partial charge in [-0.05, 0) is 42.0 Å². The maximum atomic E-state index is 6.07. The highest BCUT2D eigenvalue weighted by Gasteiger charge is 2.29. The smallest absolute Gasteiger partial charge is 0.126 e. The van der Waals surface area contributed by atoms with Crippen LogP contribution in [0, 0.1) is 0 Å². The predicted octanol–water partition coefficient (Wildman–Crippen LogP) is 6.18. The maximum Gasteiger partial charge on any atom is 0.126 e. The molecule has 5 rings (SSSR count). The van der Waals surface area contributed by atoms with Crippen LogP contribution in [0.5, 0.6) is 0 Å². The minimum Gasteiger partial charge on any atom is -0.341 e. The van der Waals surface area contributed by atoms with Crippen LogP contribution in [0.25, 0.3) is 11.0 Å². The number of fused-ring (bicyclic) bond motifs is 2. The van der Waals surface area contributed by atoms with Crippen molar-refractivity contribution in [1.82, 2.24) is 9.97 Å². The zero-order valence-corrected chi connectivity index (χ0v) is 15.3. The molecule has 0 bridgehead atoms. The van der Waals surface area contributed by atoms with E-state index in [0.29, 0.717) is 0 Å². The first kappa shape index (κ1) is 15.7. The average Bonchev–Trinajstić information content (AvgIpc) is 3.12. The van der Waals surface area contributed by atoms with Crippen molar-refractivity contribution in [3.63, 3.8) is 0 Å². The molecule has 0 saturated carbocycles. The van der Waals surface area contributed by atoms with Crippen LogP contribution >= 0.6 is 23.4 Å². The molecule has 1 aliphatic heterocycles. The highest BCUT2D eigenvalue weighted by Crippen LogP contribution is 2.46. The molecule has 0 amide bonds. The second-order valence-electron chi connectivity index (χ2n) is 6.11. The molecule has 5 heteroatoms. The van der Waals surface area contributed by atoms with Crippen molar-refractivity contribution in [1.29, 1.82) is 0 Å². The number of aromatic amines is 1. The van der Waals surface area contributed by atoms with Crippen LogP contribution in [-0.2, 0) is 0 Å². The molecule has 4 aromatic rings. The summed E-state index contributed by atoms with van der Waals surface area (Å²) in [5, 5.41) is 0.719. The van der Waals surface area contributed by atoms with Gasteiger partial charge in [0.05, 0.1) is 22.4 Å². The molecule has 2 heterocycles. The summed E-state index contributed by atoms with van der Waals surface area (Å²) in [7, 11) is 0. The van der Waals surface area contributed by atoms with Gasteiger partial charge < -0.3 is 4.98 Å². The second kappa shape index (κ2) is 6.31. The zero-order chi connectivity index (χ0) is 17.5. The minimum atomic E-state index is -0.00141. The molecule has 3 aromatic carbocycles. The molecule has 0 radical (unpaired) electrons. The van der Waals surface area contributed by atoms with Gasteiger partial charge in [0.15, 0.2) is 0 Å². The molecule has 0 saturated heterocycles. The van der Waals surface area contributed by atoms with E-state index in [1.165, 1.54) is 0 Å². The van der Waals surface area contributed by atoms with Gasteiger partial charge in [0.2, 0.25) is 0 Å². The van der Waals surface area contributed by atoms with Crippen LogP contribution in [0.2, 0.25) is 5.02 Å². The maximum absolute atomic E-state index is 6.07. The molecule has 1 atom stereocenters. The monoisotopic (exact) mass is 375 g/mol. The molecular formula is C21H14ClN3S. The number of H-pyrrole nitrogens is 1. The Bertz CT molecular complexity index is 1100. The summed E-state index contributed by atoms with van der Waals surface area (Å²) in [6.45, 7) is 0. The minimum absolute atomic E-state index is 0.00141. The van der Waals surface area contributed by atoms with Crippen molar-refractivity contribution in [2.75, 3.05) is 0 Å². The van der Waals surface area contributed by atoms with E-state index in [-0.39, 0.29) is 5.25 Å². The largest absolute Gasteiger partial charge is 0.341 e. The van der Waals surface area contributed by atoms with Gasteiger partial charge in [0.25, 0.3) is 0 Å². The van der Waals surface area contributed by atoms with Crippen LogP contribution in [0.1, 0.15) is 16.6 Å². The van der Waals surface area contributed by atoms with Gasteiger partial charge in [-0.2, -0.15) is 0 Å². The first-order chi connectivity index (χ1) is 12.8. The van der Waals surface area contributed by atoms with Gasteiger partial charge in [-0.15, -0.1) is 11.8 Å². The standard InChI is InChI=1S/C21H14ClN3S/c22-14-11-9-13(10-12-14)19-20(26-18-8-4-3-7-17(18)23-19)21-24-15-5-1-2-6-16(15)25-21/h1-12,20H,(H,24,25). The van der Waals surface area contributed by atoms with E-state index in [9.17, 15) is 0 Å². The van der Waals surface area contributed by atoms with Crippen LogP contribution in [-0.4, -0.2) is 15.7 Å². The molecule has 0 fully saturated rings. The molecule has 1 N–H and O–H groups in total. The summed E-state index contributed by atoms with van der Waals surface area (Å²) >= 11 is 7.85. The lowest BCUT2D eigenvalue weighted by Gasteiger charge is -2.23. The van der Waals surface area contributed by atoms with Gasteiger partial charge in [-0.3, -0.25) is 0 Å². The van der Waals surface area contributed by atoms with E-state index < -0.39 is 0 Å². The van der Waals surface area contributed by atoms with Crippen molar-refractivity contribution < 1.29 is 0 Å². The predicted molar refractivity (Wildman–Crippen MR) is 109 cm³/mol. The van der Waals surface area contributed by atoms with E-state index in [1.807, 2.05) is 66.7 Å². The first-order valence-electron chi connectivity index (χ1n) is 8.33. The molecule has 0 aliphatic carbocycles. The number of hydrogen-bond donors (Lipinski definition) is 1. The fourth-order valence-electron chi connectivity index (χ4n) is 3.14. The van der Waals surface area contributed by atoms with Crippen LogP contribution < -0.4 is 0 Å². The number of hydrogen-bond acceptors (Lipinski definition) is 3. The number of halogens is 1. The van der Waals surface area contributed by atoms with Gasteiger partial charge in [0.1, 0.15) is 11.1 Å². The number of aliphatic imine (C=N–C) groups is 1. The van der Waals surface area contributed by atoms with Crippen LogP contribution in [0.4, 0.5) is 5.69 Å². The molecule has 26 heavy (non-hydrogen) atoms. The molecule has 1 aromatic heterocycles. The second-order valence-corrected chi connectivity index (χ2v) is 7.69. The SMILES string of the molecule is Clc1ccc(C2=Nc3ccccc3SC2c2nc3ccccc3[nH]2)cc1. The van der Waals surface area contributed by atoms with Gasteiger partial charge >= 0.3 is 0 Å². The third-order valence-electron chi connectivity index (χ3n) is 4.40. The molecule has 3 nitrogen and oxygen atoms in total. The molecular weight excluding hydrogens is 362 g/mol. The van der Waals surface area contributed by atoms with Gasteiger partial charge in [-0.1, -0.05) is 48.0 Å². The Morgan fingerprint density at radius 1 is 0.885 bits per heavy atom. The van der Waals surface area contributed by atoms with E-state index in [0.717, 1.165) is 43.7 Å². The fraction of sp³-hybridized carbons (Fsp3) is 0.0476. The normalized spacial score (nSPS) is 16.3. The lowest BCUT2D eigenvalue weighted by atomic mass is 10.1. The highest BCUT2D eigenvalue weighted by molar-refractivity contribution is 8.00. The molecule has 0 spiro atoms. The van der Waals surface area contributed by atoms with Crippen molar-refractivity contribution in [2.45, 2.75) is 10.1 Å². The number of nitrogens with zero attached hydrogens (tertiary/aromatic N) is 2. The van der Waals surface area contributed by atoms with Crippen LogP contribution in [0.15, 0.2) is 82.7 Å². The van der Waals surface area contributed by atoms with E-state index in [2.05, 4.69) is 11.1 Å². The summed E-state index contributed by atoms with van der Waals surface area (Å²) in [6, 6.07) is 24.2. The number of nitrogens with one attached hydrogen (secondary N) is 1. The van der Waals surface area contributed by atoms with Crippen molar-refractivity contribution in [3.8, 4) is 0 Å². The Morgan fingerprint density at radius 3 is 2.50 bits per heavy atom. The Labute approximate surface area is 160 Å². The van der Waals surface area contributed by atoms with E-state index in [4.69, 9.17) is 21.6 Å². The number of benzene rings is 3. The summed E-state index contributed by atoms with van der Waals surface area (Å²) in [5.41, 5.74) is 5.05. The van der Waals surface area contributed by atoms with Crippen LogP contribution in [0.3, 0.4) is 0 Å². The van der Waals surface area contributed by atoms with Gasteiger partial charge in [0, 0.05) is 9.92 Å². The lowest BCUT2D eigenvalue weighted by Crippen LogP contribution is -2.15. The molecule has 1 aliphatic rings. The number of aromatic nitrogens is 2. The Morgan fingerprint density at radius 2 is 1.65 bits per heavy atom.